The Morgan fingerprint density at radius 2 is 1.86 bits per heavy atom. The van der Waals surface area contributed by atoms with Crippen molar-refractivity contribution in [3.05, 3.63) is 52.6 Å². The minimum atomic E-state index is -0.923. The lowest BCUT2D eigenvalue weighted by Gasteiger charge is -2.53. The van der Waals surface area contributed by atoms with Crippen molar-refractivity contribution in [2.24, 2.45) is 17.3 Å². The molecule has 2 saturated carbocycles. The summed E-state index contributed by atoms with van der Waals surface area (Å²) in [7, 11) is 0. The molecule has 4 nitrogen and oxygen atoms in total. The van der Waals surface area contributed by atoms with Crippen LogP contribution in [0.25, 0.3) is 0 Å². The number of carbonyl (C=O) groups excluding carboxylic acids is 1. The summed E-state index contributed by atoms with van der Waals surface area (Å²) in [4.78, 5) is 14.6. The highest BCUT2D eigenvalue weighted by Crippen LogP contribution is 2.66. The Labute approximate surface area is 209 Å². The lowest BCUT2D eigenvalue weighted by Crippen LogP contribution is -2.51. The molecule has 1 N–H and O–H groups in total. The van der Waals surface area contributed by atoms with Crippen molar-refractivity contribution in [1.82, 2.24) is 0 Å². The third-order valence-corrected chi connectivity index (χ3v) is 9.89. The number of aliphatic hydroxyl groups is 1. The van der Waals surface area contributed by atoms with Gasteiger partial charge in [-0.3, -0.25) is 4.79 Å². The zero-order chi connectivity index (χ0) is 24.2. The van der Waals surface area contributed by atoms with Crippen molar-refractivity contribution in [3.63, 3.8) is 0 Å². The Kier molecular flexibility index (Phi) is 5.70. The fraction of sp³-hybridized carbons (Fsp3) is 0.581. The van der Waals surface area contributed by atoms with Gasteiger partial charge in [-0.15, -0.1) is 5.92 Å². The molecule has 6 rings (SSSR count). The van der Waals surface area contributed by atoms with Crippen LogP contribution < -0.4 is 4.90 Å². The predicted octanol–water partition coefficient (Wildman–Crippen LogP) is 5.18. The Balaban J connectivity index is 1.44. The Morgan fingerprint density at radius 1 is 1.09 bits per heavy atom. The largest absolute Gasteiger partial charge is 0.378 e. The highest BCUT2D eigenvalue weighted by atomic mass is 16.5. The first kappa shape index (κ1) is 23.1. The second kappa shape index (κ2) is 8.64. The molecule has 1 aliphatic heterocycles. The Bertz CT molecular complexity index is 1150. The number of ether oxygens (including phenoxy) is 1. The molecule has 3 fully saturated rings. The average Bonchev–Trinajstić information content (AvgIpc) is 3.14. The number of morpholine rings is 1. The Hall–Kier alpha value is -2.35. The molecular weight excluding hydrogens is 434 g/mol. The number of rotatable bonds is 2. The van der Waals surface area contributed by atoms with Crippen molar-refractivity contribution < 1.29 is 14.6 Å². The van der Waals surface area contributed by atoms with Crippen LogP contribution in [0.15, 0.2) is 47.1 Å². The third-order valence-electron chi connectivity index (χ3n) is 9.89. The van der Waals surface area contributed by atoms with E-state index in [0.717, 1.165) is 64.8 Å². The lowest BCUT2D eigenvalue weighted by atomic mass is 9.51. The number of benzene rings is 1. The zero-order valence-electron chi connectivity index (χ0n) is 21.1. The van der Waals surface area contributed by atoms with Gasteiger partial charge in [-0.05, 0) is 92.2 Å². The number of hydrogen-bond acceptors (Lipinski definition) is 4. The topological polar surface area (TPSA) is 49.8 Å². The van der Waals surface area contributed by atoms with Crippen LogP contribution in [0.3, 0.4) is 0 Å². The molecule has 1 aromatic rings. The van der Waals surface area contributed by atoms with Crippen LogP contribution in [0.1, 0.15) is 70.3 Å². The molecule has 35 heavy (non-hydrogen) atoms. The summed E-state index contributed by atoms with van der Waals surface area (Å²) < 4.78 is 5.54. The highest BCUT2D eigenvalue weighted by molar-refractivity contribution is 5.93. The monoisotopic (exact) mass is 471 g/mol. The molecule has 0 amide bonds. The molecule has 184 valence electrons. The van der Waals surface area contributed by atoms with E-state index in [9.17, 15) is 9.90 Å². The van der Waals surface area contributed by atoms with Crippen LogP contribution in [-0.2, 0) is 9.53 Å². The number of anilines is 1. The van der Waals surface area contributed by atoms with Crippen LogP contribution in [-0.4, -0.2) is 42.8 Å². The summed E-state index contributed by atoms with van der Waals surface area (Å²) in [6.45, 7) is 7.60. The van der Waals surface area contributed by atoms with Crippen LogP contribution in [0, 0.1) is 29.1 Å². The molecule has 0 radical (unpaired) electrons. The first-order valence-corrected chi connectivity index (χ1v) is 13.5. The van der Waals surface area contributed by atoms with Gasteiger partial charge in [0.2, 0.25) is 0 Å². The van der Waals surface area contributed by atoms with E-state index in [2.05, 4.69) is 47.9 Å². The maximum atomic E-state index is 12.2. The van der Waals surface area contributed by atoms with Crippen LogP contribution in [0.4, 0.5) is 5.69 Å². The number of carbonyl (C=O) groups is 1. The van der Waals surface area contributed by atoms with Gasteiger partial charge in [0.1, 0.15) is 5.60 Å². The predicted molar refractivity (Wildman–Crippen MR) is 138 cm³/mol. The average molecular weight is 472 g/mol. The van der Waals surface area contributed by atoms with Gasteiger partial charge in [0, 0.05) is 36.5 Å². The first-order valence-electron chi connectivity index (χ1n) is 13.5. The van der Waals surface area contributed by atoms with Gasteiger partial charge in [-0.25, -0.2) is 0 Å². The van der Waals surface area contributed by atoms with Gasteiger partial charge >= 0.3 is 0 Å². The van der Waals surface area contributed by atoms with E-state index in [0.29, 0.717) is 18.3 Å². The van der Waals surface area contributed by atoms with E-state index in [-0.39, 0.29) is 17.1 Å². The van der Waals surface area contributed by atoms with Gasteiger partial charge < -0.3 is 14.7 Å². The van der Waals surface area contributed by atoms with Crippen molar-refractivity contribution in [2.75, 3.05) is 31.2 Å². The number of ketones is 1. The fourth-order valence-electron chi connectivity index (χ4n) is 8.12. The molecule has 4 heteroatoms. The summed E-state index contributed by atoms with van der Waals surface area (Å²) in [6, 6.07) is 9.17. The summed E-state index contributed by atoms with van der Waals surface area (Å²) in [5.74, 6) is 7.76. The van der Waals surface area contributed by atoms with Crippen LogP contribution in [0.5, 0.6) is 0 Å². The van der Waals surface area contributed by atoms with Crippen molar-refractivity contribution in [1.29, 1.82) is 0 Å². The minimum absolute atomic E-state index is 0.232. The smallest absolute Gasteiger partial charge is 0.156 e. The summed E-state index contributed by atoms with van der Waals surface area (Å²) >= 11 is 0. The number of nitrogens with zero attached hydrogens (tertiary/aromatic N) is 1. The number of fused-ring (bicyclic) bond motifs is 4. The van der Waals surface area contributed by atoms with Crippen molar-refractivity contribution in [2.45, 2.75) is 70.3 Å². The van der Waals surface area contributed by atoms with Gasteiger partial charge in [0.05, 0.1) is 13.2 Å². The molecule has 5 aliphatic rings. The van der Waals surface area contributed by atoms with Gasteiger partial charge in [-0.1, -0.05) is 30.6 Å². The molecule has 1 aromatic carbocycles. The molecule has 4 aliphatic carbocycles. The van der Waals surface area contributed by atoms with Gasteiger partial charge in [0.15, 0.2) is 5.78 Å². The fourth-order valence-corrected chi connectivity index (χ4v) is 8.12. The molecule has 0 bridgehead atoms. The molecule has 1 saturated heterocycles. The molecule has 0 spiro atoms. The summed E-state index contributed by atoms with van der Waals surface area (Å²) in [6.07, 6.45) is 8.21. The highest BCUT2D eigenvalue weighted by Gasteiger charge is 2.62. The maximum absolute atomic E-state index is 12.2. The zero-order valence-corrected chi connectivity index (χ0v) is 21.1. The van der Waals surface area contributed by atoms with E-state index < -0.39 is 5.60 Å². The van der Waals surface area contributed by atoms with Crippen molar-refractivity contribution in [3.8, 4) is 11.8 Å². The summed E-state index contributed by atoms with van der Waals surface area (Å²) in [5, 5.41) is 11.8. The molecule has 0 aromatic heterocycles. The van der Waals surface area contributed by atoms with E-state index in [1.807, 2.05) is 13.0 Å². The molecule has 5 atom stereocenters. The Morgan fingerprint density at radius 3 is 2.60 bits per heavy atom. The third kappa shape index (κ3) is 3.62. The normalized spacial score (nSPS) is 36.5. The van der Waals surface area contributed by atoms with Gasteiger partial charge in [0.25, 0.3) is 0 Å². The standard InChI is InChI=1S/C31H37NO3/c1-3-13-31(34)14-12-28-26-10-6-22-19-24(33)9-11-25(22)29(26)27(20-30(28,31)2)21-4-7-23(8-5-21)32-15-17-35-18-16-32/h4-5,7-8,19,26-28,34H,6,9-12,14-18,20H2,1-2H3/t26-,27+,28-,30-,31-/m0/s1. The molecular formula is C31H37NO3. The lowest BCUT2D eigenvalue weighted by molar-refractivity contribution is -0.114. The second-order valence-corrected chi connectivity index (χ2v) is 11.5. The van der Waals surface area contributed by atoms with Gasteiger partial charge in [-0.2, -0.15) is 0 Å². The van der Waals surface area contributed by atoms with E-state index in [1.54, 1.807) is 5.57 Å². The minimum Gasteiger partial charge on any atom is -0.378 e. The summed E-state index contributed by atoms with van der Waals surface area (Å²) in [5.41, 5.74) is 5.76. The molecule has 1 heterocycles. The maximum Gasteiger partial charge on any atom is 0.156 e. The number of allylic oxidation sites excluding steroid dienone is 4. The van der Waals surface area contributed by atoms with Crippen molar-refractivity contribution >= 4 is 11.5 Å². The first-order chi connectivity index (χ1) is 16.9. The SMILES string of the molecule is CC#C[C@]1(O)CC[C@H]2[C@@H]3CCC4=CC(=O)CCC4=C3[C@@H](c3ccc(N4CCOCC4)cc3)C[C@@]21C. The van der Waals surface area contributed by atoms with Crippen LogP contribution >= 0.6 is 0 Å². The van der Waals surface area contributed by atoms with E-state index in [4.69, 9.17) is 4.74 Å². The van der Waals surface area contributed by atoms with E-state index >= 15 is 0 Å². The van der Waals surface area contributed by atoms with Crippen LogP contribution in [0.2, 0.25) is 0 Å². The quantitative estimate of drug-likeness (QED) is 0.604. The number of hydrogen-bond donors (Lipinski definition) is 1. The van der Waals surface area contributed by atoms with E-state index in [1.165, 1.54) is 22.4 Å². The molecule has 0 unspecified atom stereocenters. The second-order valence-electron chi connectivity index (χ2n) is 11.5.